The molecule has 0 aliphatic rings. The molecular formula is C22H36N2O6S. The number of esters is 1. The number of benzene rings is 1. The molecule has 1 aromatic rings. The van der Waals surface area contributed by atoms with Crippen molar-refractivity contribution in [1.29, 1.82) is 0 Å². The zero-order valence-corrected chi connectivity index (χ0v) is 20.5. The van der Waals surface area contributed by atoms with E-state index in [0.29, 0.717) is 13.1 Å². The van der Waals surface area contributed by atoms with Crippen LogP contribution in [0.5, 0.6) is 5.75 Å². The second-order valence-corrected chi connectivity index (χ2v) is 10.0. The fourth-order valence-electron chi connectivity index (χ4n) is 3.17. The van der Waals surface area contributed by atoms with Gasteiger partial charge in [0.2, 0.25) is 10.0 Å². The molecule has 0 spiro atoms. The van der Waals surface area contributed by atoms with Crippen molar-refractivity contribution in [3.8, 4) is 5.75 Å². The van der Waals surface area contributed by atoms with Crippen molar-refractivity contribution in [1.82, 2.24) is 9.21 Å². The van der Waals surface area contributed by atoms with E-state index in [9.17, 15) is 18.0 Å². The highest BCUT2D eigenvalue weighted by Crippen LogP contribution is 2.28. The van der Waals surface area contributed by atoms with E-state index in [-0.39, 0.29) is 47.0 Å². The van der Waals surface area contributed by atoms with Crippen LogP contribution in [-0.4, -0.2) is 69.4 Å². The monoisotopic (exact) mass is 456 g/mol. The number of hydrogen-bond donors (Lipinski definition) is 0. The molecule has 0 unspecified atom stereocenters. The predicted octanol–water partition coefficient (Wildman–Crippen LogP) is 3.02. The molecule has 0 bridgehead atoms. The minimum Gasteiger partial charge on any atom is -0.495 e. The average molecular weight is 457 g/mol. The van der Waals surface area contributed by atoms with Gasteiger partial charge >= 0.3 is 5.97 Å². The van der Waals surface area contributed by atoms with E-state index < -0.39 is 22.6 Å². The van der Waals surface area contributed by atoms with Gasteiger partial charge in [-0.2, -0.15) is 4.31 Å². The second kappa shape index (κ2) is 12.0. The minimum absolute atomic E-state index is 0.0404. The molecule has 0 saturated heterocycles. The van der Waals surface area contributed by atoms with Gasteiger partial charge in [-0.05, 0) is 30.0 Å². The lowest BCUT2D eigenvalue weighted by molar-refractivity contribution is -0.135. The van der Waals surface area contributed by atoms with Gasteiger partial charge in [0.05, 0.1) is 12.7 Å². The Morgan fingerprint density at radius 1 is 1.00 bits per heavy atom. The molecule has 0 atom stereocenters. The van der Waals surface area contributed by atoms with Gasteiger partial charge in [-0.15, -0.1) is 0 Å². The van der Waals surface area contributed by atoms with Crippen molar-refractivity contribution in [2.45, 2.75) is 46.4 Å². The van der Waals surface area contributed by atoms with E-state index in [1.165, 1.54) is 29.6 Å². The third-order valence-corrected chi connectivity index (χ3v) is 6.64. The van der Waals surface area contributed by atoms with Crippen molar-refractivity contribution >= 4 is 21.9 Å². The van der Waals surface area contributed by atoms with Gasteiger partial charge in [-0.1, -0.05) is 41.5 Å². The Morgan fingerprint density at radius 2 is 1.55 bits per heavy atom. The first-order valence-corrected chi connectivity index (χ1v) is 12.0. The average Bonchev–Trinajstić information content (AvgIpc) is 2.70. The van der Waals surface area contributed by atoms with Crippen molar-refractivity contribution in [2.75, 3.05) is 39.9 Å². The van der Waals surface area contributed by atoms with E-state index >= 15 is 0 Å². The maximum Gasteiger partial charge on any atom is 0.338 e. The number of rotatable bonds is 12. The van der Waals surface area contributed by atoms with Crippen LogP contribution in [0.15, 0.2) is 23.1 Å². The normalized spacial score (nSPS) is 11.8. The molecule has 31 heavy (non-hydrogen) atoms. The van der Waals surface area contributed by atoms with Crippen LogP contribution in [0.2, 0.25) is 0 Å². The van der Waals surface area contributed by atoms with E-state index in [1.807, 2.05) is 27.7 Å². The van der Waals surface area contributed by atoms with Crippen LogP contribution in [0.25, 0.3) is 0 Å². The summed E-state index contributed by atoms with van der Waals surface area (Å²) in [6, 6.07) is 4.07. The van der Waals surface area contributed by atoms with E-state index in [2.05, 4.69) is 0 Å². The first-order chi connectivity index (χ1) is 14.5. The van der Waals surface area contributed by atoms with Gasteiger partial charge in [-0.3, -0.25) is 4.79 Å². The Morgan fingerprint density at radius 3 is 2.00 bits per heavy atom. The van der Waals surface area contributed by atoms with Crippen LogP contribution in [0, 0.1) is 11.8 Å². The Balaban J connectivity index is 3.05. The van der Waals surface area contributed by atoms with E-state index in [4.69, 9.17) is 9.47 Å². The zero-order valence-electron chi connectivity index (χ0n) is 19.7. The maximum atomic E-state index is 12.9. The summed E-state index contributed by atoms with van der Waals surface area (Å²) in [6.45, 7) is 12.8. The molecule has 0 aliphatic heterocycles. The number of ether oxygens (including phenoxy) is 2. The number of sulfonamides is 1. The topological polar surface area (TPSA) is 93.2 Å². The molecule has 0 heterocycles. The molecule has 1 rings (SSSR count). The number of carbonyl (C=O) groups excluding carboxylic acids is 2. The third kappa shape index (κ3) is 7.50. The Bertz CT molecular complexity index is 838. The summed E-state index contributed by atoms with van der Waals surface area (Å²) in [5.41, 5.74) is 0.0404. The molecule has 0 N–H and O–H groups in total. The summed E-state index contributed by atoms with van der Waals surface area (Å²) >= 11 is 0. The lowest BCUT2D eigenvalue weighted by atomic mass is 10.1. The minimum atomic E-state index is -3.85. The van der Waals surface area contributed by atoms with Gasteiger partial charge < -0.3 is 14.4 Å². The van der Waals surface area contributed by atoms with Crippen LogP contribution >= 0.6 is 0 Å². The molecule has 0 aliphatic carbocycles. The SMILES string of the molecule is CCN(CC)S(=O)(=O)c1cc(C(=O)OCC(=O)N(CC(C)C)CC(C)C)ccc1OC. The Labute approximate surface area is 186 Å². The molecule has 0 saturated carbocycles. The van der Waals surface area contributed by atoms with Crippen molar-refractivity contribution in [3.05, 3.63) is 23.8 Å². The van der Waals surface area contributed by atoms with Crippen LogP contribution in [0.1, 0.15) is 51.9 Å². The first kappa shape index (κ1) is 26.9. The second-order valence-electron chi connectivity index (χ2n) is 8.12. The Hall–Kier alpha value is -2.13. The molecular weight excluding hydrogens is 420 g/mol. The van der Waals surface area contributed by atoms with Gasteiger partial charge in [0, 0.05) is 26.2 Å². The van der Waals surface area contributed by atoms with Crippen molar-refractivity contribution in [2.24, 2.45) is 11.8 Å². The summed E-state index contributed by atoms with van der Waals surface area (Å²) in [5.74, 6) is -0.332. The van der Waals surface area contributed by atoms with Crippen molar-refractivity contribution in [3.63, 3.8) is 0 Å². The highest BCUT2D eigenvalue weighted by Gasteiger charge is 2.27. The van der Waals surface area contributed by atoms with E-state index in [0.717, 1.165) is 0 Å². The van der Waals surface area contributed by atoms with Gasteiger partial charge in [0.15, 0.2) is 6.61 Å². The van der Waals surface area contributed by atoms with Gasteiger partial charge in [0.1, 0.15) is 10.6 Å². The highest BCUT2D eigenvalue weighted by atomic mass is 32.2. The molecule has 0 aromatic heterocycles. The molecule has 8 nitrogen and oxygen atoms in total. The molecule has 1 aromatic carbocycles. The zero-order chi connectivity index (χ0) is 23.8. The Kier molecular flexibility index (Phi) is 10.5. The fraction of sp³-hybridized carbons (Fsp3) is 0.636. The summed E-state index contributed by atoms with van der Waals surface area (Å²) in [5, 5.41) is 0. The lowest BCUT2D eigenvalue weighted by Crippen LogP contribution is -2.39. The number of hydrogen-bond acceptors (Lipinski definition) is 6. The van der Waals surface area contributed by atoms with Crippen LogP contribution in [-0.2, 0) is 19.6 Å². The number of methoxy groups -OCH3 is 1. The van der Waals surface area contributed by atoms with Crippen LogP contribution < -0.4 is 4.74 Å². The summed E-state index contributed by atoms with van der Waals surface area (Å²) in [7, 11) is -2.48. The maximum absolute atomic E-state index is 12.9. The largest absolute Gasteiger partial charge is 0.495 e. The molecule has 176 valence electrons. The van der Waals surface area contributed by atoms with Crippen LogP contribution in [0.3, 0.4) is 0 Å². The van der Waals surface area contributed by atoms with E-state index in [1.54, 1.807) is 18.7 Å². The number of carbonyl (C=O) groups is 2. The molecule has 1 amide bonds. The third-order valence-electron chi connectivity index (χ3n) is 4.57. The summed E-state index contributed by atoms with van der Waals surface area (Å²) < 4.78 is 37.6. The first-order valence-electron chi connectivity index (χ1n) is 10.6. The lowest BCUT2D eigenvalue weighted by Gasteiger charge is -2.26. The summed E-state index contributed by atoms with van der Waals surface area (Å²) in [4.78, 5) is 26.7. The fourth-order valence-corrected chi connectivity index (χ4v) is 4.81. The molecule has 0 radical (unpaired) electrons. The van der Waals surface area contributed by atoms with Crippen molar-refractivity contribution < 1.29 is 27.5 Å². The molecule has 0 fully saturated rings. The van der Waals surface area contributed by atoms with Crippen LogP contribution in [0.4, 0.5) is 0 Å². The summed E-state index contributed by atoms with van der Waals surface area (Å²) in [6.07, 6.45) is 0. The predicted molar refractivity (Wildman–Crippen MR) is 120 cm³/mol. The number of nitrogens with zero attached hydrogens (tertiary/aromatic N) is 2. The quantitative estimate of drug-likeness (QED) is 0.449. The smallest absolute Gasteiger partial charge is 0.338 e. The number of amides is 1. The highest BCUT2D eigenvalue weighted by molar-refractivity contribution is 7.89. The van der Waals surface area contributed by atoms with Gasteiger partial charge in [-0.25, -0.2) is 13.2 Å². The molecule has 9 heteroatoms. The van der Waals surface area contributed by atoms with Gasteiger partial charge in [0.25, 0.3) is 5.91 Å². The standard InChI is InChI=1S/C22H36N2O6S/c1-8-24(9-2)31(27,28)20-12-18(10-11-19(20)29-7)22(26)30-15-21(25)23(13-16(3)4)14-17(5)6/h10-12,16-17H,8-9,13-15H2,1-7H3.